The van der Waals surface area contributed by atoms with Gasteiger partial charge in [0.25, 0.3) is 0 Å². The molecule has 2 aliphatic rings. The monoisotopic (exact) mass is 384 g/mol. The van der Waals surface area contributed by atoms with Gasteiger partial charge in [0, 0.05) is 0 Å². The molecule has 0 aromatic heterocycles. The minimum atomic E-state index is 0.729. The van der Waals surface area contributed by atoms with Crippen LogP contribution < -0.4 is 0 Å². The first-order valence-corrected chi connectivity index (χ1v) is 12.1. The van der Waals surface area contributed by atoms with Gasteiger partial charge in [-0.1, -0.05) is 56.5 Å². The number of hydrogen-bond donors (Lipinski definition) is 0. The predicted octanol–water partition coefficient (Wildman–Crippen LogP) is 8.76. The quantitative estimate of drug-likeness (QED) is 0.373. The Bertz CT molecular complexity index is 556. The fourth-order valence-corrected chi connectivity index (χ4v) is 5.78. The van der Waals surface area contributed by atoms with E-state index in [-0.39, 0.29) is 0 Å². The van der Waals surface area contributed by atoms with Crippen LogP contribution in [0, 0.1) is 17.8 Å². The topological polar surface area (TPSA) is 0 Å². The molecule has 2 fully saturated rings. The van der Waals surface area contributed by atoms with Crippen molar-refractivity contribution in [2.24, 2.45) is 17.8 Å². The summed E-state index contributed by atoms with van der Waals surface area (Å²) < 4.78 is 12.2. The van der Waals surface area contributed by atoms with Crippen molar-refractivity contribution in [2.75, 3.05) is 0 Å². The number of allylic oxidation sites excluding steroid dienone is 1. The van der Waals surface area contributed by atoms with Crippen LogP contribution in [0.15, 0.2) is 36.7 Å². The molecule has 1 aromatic rings. The molecule has 28 heavy (non-hydrogen) atoms. The molecular weight excluding hydrogens is 343 g/mol. The van der Waals surface area contributed by atoms with Gasteiger partial charge in [0.1, 0.15) is 0 Å². The Balaban J connectivity index is 1.39. The maximum absolute atomic E-state index is 12.2. The third-order valence-corrected chi connectivity index (χ3v) is 7.66. The molecule has 3 rings (SSSR count). The van der Waals surface area contributed by atoms with Crippen molar-refractivity contribution in [1.82, 2.24) is 0 Å². The minimum absolute atomic E-state index is 0.729. The van der Waals surface area contributed by atoms with Crippen LogP contribution in [0.4, 0.5) is 4.39 Å². The van der Waals surface area contributed by atoms with Crippen LogP contribution in [0.5, 0.6) is 0 Å². The molecule has 0 heterocycles. The molecule has 1 aromatic carbocycles. The standard InChI is InChI=1S/C27H41F/c1-2-3-4-5-7-22-9-13-24(14-10-22)26-17-19-27(20-18-26)25-15-11-23(12-16-25)8-6-21-28/h6,9-10,13-14,21,23,25-27H,2-5,7-8,11-12,15-20H2,1H3/b21-6+/t23-,25-,26-,27-. The van der Waals surface area contributed by atoms with Gasteiger partial charge >= 0.3 is 0 Å². The van der Waals surface area contributed by atoms with E-state index in [0.717, 1.165) is 36.4 Å². The van der Waals surface area contributed by atoms with Crippen molar-refractivity contribution in [2.45, 2.75) is 103 Å². The SMILES string of the molecule is CCCCCCc1ccc([C@H]2CC[C@H]([C@H]3CC[C@H](C/C=C/F)CC3)CC2)cc1. The normalized spacial score (nSPS) is 28.6. The Morgan fingerprint density at radius 1 is 0.821 bits per heavy atom. The molecule has 2 aliphatic carbocycles. The van der Waals surface area contributed by atoms with Crippen LogP contribution in [0.2, 0.25) is 0 Å². The summed E-state index contributed by atoms with van der Waals surface area (Å²) in [5, 5.41) is 0. The Morgan fingerprint density at radius 2 is 1.46 bits per heavy atom. The van der Waals surface area contributed by atoms with Crippen LogP contribution >= 0.6 is 0 Å². The predicted molar refractivity (Wildman–Crippen MR) is 119 cm³/mol. The number of halogens is 1. The van der Waals surface area contributed by atoms with E-state index >= 15 is 0 Å². The van der Waals surface area contributed by atoms with Crippen molar-refractivity contribution in [3.05, 3.63) is 47.8 Å². The van der Waals surface area contributed by atoms with E-state index in [1.165, 1.54) is 89.0 Å². The summed E-state index contributed by atoms with van der Waals surface area (Å²) in [6.07, 6.45) is 21.0. The number of hydrogen-bond acceptors (Lipinski definition) is 0. The van der Waals surface area contributed by atoms with Gasteiger partial charge in [-0.2, -0.15) is 0 Å². The largest absolute Gasteiger partial charge is 0.216 e. The summed E-state index contributed by atoms with van der Waals surface area (Å²) in [5.74, 6) is 3.42. The number of aryl methyl sites for hydroxylation is 1. The van der Waals surface area contributed by atoms with E-state index in [1.54, 1.807) is 11.6 Å². The number of rotatable bonds is 9. The summed E-state index contributed by atoms with van der Waals surface area (Å²) in [5.41, 5.74) is 3.10. The van der Waals surface area contributed by atoms with Gasteiger partial charge in [-0.25, -0.2) is 4.39 Å². The second kappa shape index (κ2) is 11.8. The Morgan fingerprint density at radius 3 is 2.07 bits per heavy atom. The third-order valence-electron chi connectivity index (χ3n) is 7.66. The van der Waals surface area contributed by atoms with Gasteiger partial charge in [0.05, 0.1) is 6.33 Å². The molecule has 1 heteroatoms. The first kappa shape index (κ1) is 21.6. The van der Waals surface area contributed by atoms with Gasteiger partial charge < -0.3 is 0 Å². The minimum Gasteiger partial charge on any atom is -0.216 e. The zero-order valence-electron chi connectivity index (χ0n) is 18.1. The van der Waals surface area contributed by atoms with Crippen LogP contribution in [0.25, 0.3) is 0 Å². The average molecular weight is 385 g/mol. The van der Waals surface area contributed by atoms with Gasteiger partial charge in [-0.05, 0) is 105 Å². The van der Waals surface area contributed by atoms with E-state index < -0.39 is 0 Å². The second-order valence-electron chi connectivity index (χ2n) is 9.54. The Kier molecular flexibility index (Phi) is 9.09. The van der Waals surface area contributed by atoms with Gasteiger partial charge in [0.2, 0.25) is 0 Å². The number of benzene rings is 1. The Hall–Kier alpha value is -1.11. The zero-order valence-corrected chi connectivity index (χ0v) is 18.1. The first-order chi connectivity index (χ1) is 13.8. The van der Waals surface area contributed by atoms with E-state index in [1.807, 2.05) is 0 Å². The first-order valence-electron chi connectivity index (χ1n) is 12.1. The van der Waals surface area contributed by atoms with Crippen molar-refractivity contribution >= 4 is 0 Å². The summed E-state index contributed by atoms with van der Waals surface area (Å²) in [6.45, 7) is 2.28. The van der Waals surface area contributed by atoms with Crippen LogP contribution in [-0.2, 0) is 6.42 Å². The molecule has 0 nitrogen and oxygen atoms in total. The molecule has 0 N–H and O–H groups in total. The molecule has 0 atom stereocenters. The van der Waals surface area contributed by atoms with Gasteiger partial charge in [-0.3, -0.25) is 0 Å². The lowest BCUT2D eigenvalue weighted by molar-refractivity contribution is 0.160. The van der Waals surface area contributed by atoms with Crippen molar-refractivity contribution in [3.63, 3.8) is 0 Å². The average Bonchev–Trinajstić information content (AvgIpc) is 2.76. The molecule has 0 bridgehead atoms. The smallest absolute Gasteiger partial charge is 0.0827 e. The molecular formula is C27H41F. The van der Waals surface area contributed by atoms with Crippen molar-refractivity contribution in [1.29, 1.82) is 0 Å². The molecule has 2 saturated carbocycles. The third kappa shape index (κ3) is 6.46. The molecule has 0 amide bonds. The lowest BCUT2D eigenvalue weighted by Crippen LogP contribution is -2.25. The van der Waals surface area contributed by atoms with E-state index in [0.29, 0.717) is 0 Å². The molecule has 0 aliphatic heterocycles. The maximum Gasteiger partial charge on any atom is 0.0827 e. The van der Waals surface area contributed by atoms with Crippen LogP contribution in [-0.4, -0.2) is 0 Å². The van der Waals surface area contributed by atoms with Gasteiger partial charge in [-0.15, -0.1) is 0 Å². The lowest BCUT2D eigenvalue weighted by Gasteiger charge is -2.38. The highest BCUT2D eigenvalue weighted by atomic mass is 19.1. The van der Waals surface area contributed by atoms with E-state index in [2.05, 4.69) is 31.2 Å². The van der Waals surface area contributed by atoms with Crippen molar-refractivity contribution < 1.29 is 4.39 Å². The fraction of sp³-hybridized carbons (Fsp3) is 0.704. The highest BCUT2D eigenvalue weighted by molar-refractivity contribution is 5.26. The molecule has 156 valence electrons. The highest BCUT2D eigenvalue weighted by Gasteiger charge is 2.31. The van der Waals surface area contributed by atoms with Crippen LogP contribution in [0.1, 0.15) is 107 Å². The molecule has 0 saturated heterocycles. The molecule has 0 unspecified atom stereocenters. The summed E-state index contributed by atoms with van der Waals surface area (Å²) in [6, 6.07) is 9.62. The maximum atomic E-state index is 12.2. The zero-order chi connectivity index (χ0) is 19.6. The summed E-state index contributed by atoms with van der Waals surface area (Å²) in [7, 11) is 0. The van der Waals surface area contributed by atoms with Crippen LogP contribution in [0.3, 0.4) is 0 Å². The van der Waals surface area contributed by atoms with Crippen molar-refractivity contribution in [3.8, 4) is 0 Å². The fourth-order valence-electron chi connectivity index (χ4n) is 5.78. The Labute approximate surface area is 173 Å². The summed E-state index contributed by atoms with van der Waals surface area (Å²) in [4.78, 5) is 0. The lowest BCUT2D eigenvalue weighted by atomic mass is 9.68. The molecule has 0 radical (unpaired) electrons. The van der Waals surface area contributed by atoms with Gasteiger partial charge in [0.15, 0.2) is 0 Å². The highest BCUT2D eigenvalue weighted by Crippen LogP contribution is 2.44. The second-order valence-corrected chi connectivity index (χ2v) is 9.54. The van der Waals surface area contributed by atoms with E-state index in [9.17, 15) is 4.39 Å². The summed E-state index contributed by atoms with van der Waals surface area (Å²) >= 11 is 0. The number of unbranched alkanes of at least 4 members (excludes halogenated alkanes) is 3. The molecule has 0 spiro atoms. The van der Waals surface area contributed by atoms with E-state index in [4.69, 9.17) is 0 Å².